The number of methoxy groups -OCH3 is 1. The van der Waals surface area contributed by atoms with E-state index in [0.29, 0.717) is 0 Å². The monoisotopic (exact) mass is 304 g/mol. The number of aromatic nitrogens is 1. The Morgan fingerprint density at radius 3 is 2.52 bits per heavy atom. The van der Waals surface area contributed by atoms with E-state index in [9.17, 15) is 0 Å². The molecule has 1 heterocycles. The first-order valence-corrected chi connectivity index (χ1v) is 7.99. The standard InChI is InChI=1S/C20H20N2O/c1-14-12-19(17-13-16(23-2)8-9-18(17)21-14)22-20(10-11-20)15-6-4-3-5-7-15/h3-9,12-13H,10-11H2,1-2H3,(H,21,22). The van der Waals surface area contributed by atoms with Gasteiger partial charge in [0.25, 0.3) is 0 Å². The lowest BCUT2D eigenvalue weighted by Gasteiger charge is -2.21. The Kier molecular flexibility index (Phi) is 3.22. The van der Waals surface area contributed by atoms with Gasteiger partial charge >= 0.3 is 0 Å². The van der Waals surface area contributed by atoms with Crippen molar-refractivity contribution in [2.75, 3.05) is 12.4 Å². The second-order valence-corrected chi connectivity index (χ2v) is 6.27. The number of hydrogen-bond acceptors (Lipinski definition) is 3. The molecule has 1 saturated carbocycles. The summed E-state index contributed by atoms with van der Waals surface area (Å²) in [6, 6.07) is 18.9. The average Bonchev–Trinajstić information content (AvgIpc) is 3.36. The van der Waals surface area contributed by atoms with Crippen molar-refractivity contribution in [3.05, 3.63) is 65.9 Å². The van der Waals surface area contributed by atoms with Crippen LogP contribution in [0, 0.1) is 6.92 Å². The van der Waals surface area contributed by atoms with Gasteiger partial charge in [0.2, 0.25) is 0 Å². The molecule has 1 N–H and O–H groups in total. The maximum absolute atomic E-state index is 5.38. The SMILES string of the molecule is COc1ccc2nc(C)cc(NC3(c4ccccc4)CC3)c2c1. The van der Waals surface area contributed by atoms with E-state index in [1.54, 1.807) is 7.11 Å². The second kappa shape index (κ2) is 5.27. The molecule has 23 heavy (non-hydrogen) atoms. The molecule has 4 rings (SSSR count). The van der Waals surface area contributed by atoms with Gasteiger partial charge in [-0.2, -0.15) is 0 Å². The minimum Gasteiger partial charge on any atom is -0.497 e. The minimum absolute atomic E-state index is 0.0606. The smallest absolute Gasteiger partial charge is 0.119 e. The lowest BCUT2D eigenvalue weighted by Crippen LogP contribution is -2.19. The lowest BCUT2D eigenvalue weighted by atomic mass is 10.0. The Bertz CT molecular complexity index is 854. The van der Waals surface area contributed by atoms with Crippen molar-refractivity contribution in [2.24, 2.45) is 0 Å². The quantitative estimate of drug-likeness (QED) is 0.761. The Labute approximate surface area is 136 Å². The number of aryl methyl sites for hydroxylation is 1. The van der Waals surface area contributed by atoms with Crippen LogP contribution in [0.5, 0.6) is 5.75 Å². The van der Waals surface area contributed by atoms with Crippen molar-refractivity contribution >= 4 is 16.6 Å². The molecule has 1 aromatic heterocycles. The zero-order chi connectivity index (χ0) is 15.9. The van der Waals surface area contributed by atoms with E-state index in [-0.39, 0.29) is 5.54 Å². The molecule has 0 radical (unpaired) electrons. The Morgan fingerprint density at radius 1 is 1.04 bits per heavy atom. The van der Waals surface area contributed by atoms with Crippen LogP contribution < -0.4 is 10.1 Å². The van der Waals surface area contributed by atoms with Crippen molar-refractivity contribution in [3.63, 3.8) is 0 Å². The summed E-state index contributed by atoms with van der Waals surface area (Å²) in [6.07, 6.45) is 2.31. The summed E-state index contributed by atoms with van der Waals surface area (Å²) in [5.74, 6) is 0.857. The van der Waals surface area contributed by atoms with Crippen LogP contribution in [0.4, 0.5) is 5.69 Å². The predicted molar refractivity (Wildman–Crippen MR) is 94.0 cm³/mol. The summed E-state index contributed by atoms with van der Waals surface area (Å²) in [6.45, 7) is 2.04. The molecule has 1 aliphatic carbocycles. The van der Waals surface area contributed by atoms with Crippen molar-refractivity contribution < 1.29 is 4.74 Å². The molecule has 0 amide bonds. The highest BCUT2D eigenvalue weighted by Gasteiger charge is 2.44. The van der Waals surface area contributed by atoms with E-state index >= 15 is 0 Å². The molecule has 0 aliphatic heterocycles. The van der Waals surface area contributed by atoms with Crippen LogP contribution in [0.15, 0.2) is 54.6 Å². The average molecular weight is 304 g/mol. The van der Waals surface area contributed by atoms with Gasteiger partial charge in [0, 0.05) is 16.8 Å². The lowest BCUT2D eigenvalue weighted by molar-refractivity contribution is 0.415. The van der Waals surface area contributed by atoms with Gasteiger partial charge in [-0.3, -0.25) is 4.98 Å². The van der Waals surface area contributed by atoms with E-state index < -0.39 is 0 Å². The number of ether oxygens (including phenoxy) is 1. The number of fused-ring (bicyclic) bond motifs is 1. The zero-order valence-corrected chi connectivity index (χ0v) is 13.5. The molecule has 1 aliphatic rings. The highest BCUT2D eigenvalue weighted by molar-refractivity contribution is 5.93. The number of nitrogens with one attached hydrogen (secondary N) is 1. The number of pyridine rings is 1. The third-order valence-corrected chi connectivity index (χ3v) is 4.59. The number of nitrogens with zero attached hydrogens (tertiary/aromatic N) is 1. The Balaban J connectivity index is 1.79. The van der Waals surface area contributed by atoms with Gasteiger partial charge in [-0.25, -0.2) is 0 Å². The minimum atomic E-state index is 0.0606. The van der Waals surface area contributed by atoms with Crippen molar-refractivity contribution in [3.8, 4) is 5.75 Å². The molecule has 2 aromatic carbocycles. The van der Waals surface area contributed by atoms with E-state index in [0.717, 1.165) is 40.9 Å². The Morgan fingerprint density at radius 2 is 1.83 bits per heavy atom. The van der Waals surface area contributed by atoms with Gasteiger partial charge in [0.05, 0.1) is 18.2 Å². The van der Waals surface area contributed by atoms with E-state index in [1.165, 1.54) is 5.56 Å². The molecule has 0 bridgehead atoms. The first kappa shape index (κ1) is 14.1. The summed E-state index contributed by atoms with van der Waals surface area (Å²) in [5, 5.41) is 4.89. The fourth-order valence-electron chi connectivity index (χ4n) is 3.19. The number of anilines is 1. The van der Waals surface area contributed by atoms with Crippen LogP contribution in [-0.4, -0.2) is 12.1 Å². The third kappa shape index (κ3) is 2.52. The summed E-state index contributed by atoms with van der Waals surface area (Å²) in [4.78, 5) is 4.64. The van der Waals surface area contributed by atoms with Gasteiger partial charge in [-0.05, 0) is 49.6 Å². The van der Waals surface area contributed by atoms with Crippen LogP contribution in [0.3, 0.4) is 0 Å². The summed E-state index contributed by atoms with van der Waals surface area (Å²) < 4.78 is 5.38. The fraction of sp³-hybridized carbons (Fsp3) is 0.250. The van der Waals surface area contributed by atoms with E-state index in [2.05, 4.69) is 52.8 Å². The molecule has 0 saturated heterocycles. The highest BCUT2D eigenvalue weighted by atomic mass is 16.5. The van der Waals surface area contributed by atoms with Crippen LogP contribution in [-0.2, 0) is 5.54 Å². The maximum Gasteiger partial charge on any atom is 0.119 e. The molecule has 116 valence electrons. The van der Waals surface area contributed by atoms with E-state index in [1.807, 2.05) is 19.1 Å². The molecule has 0 atom stereocenters. The van der Waals surface area contributed by atoms with Crippen LogP contribution in [0.25, 0.3) is 10.9 Å². The van der Waals surface area contributed by atoms with Gasteiger partial charge in [0.1, 0.15) is 5.75 Å². The number of rotatable bonds is 4. The molecular formula is C20H20N2O. The number of hydrogen-bond donors (Lipinski definition) is 1. The van der Waals surface area contributed by atoms with Crippen molar-refractivity contribution in [1.82, 2.24) is 4.98 Å². The predicted octanol–water partition coefficient (Wildman–Crippen LogP) is 4.65. The summed E-state index contributed by atoms with van der Waals surface area (Å²) >= 11 is 0. The van der Waals surface area contributed by atoms with Gasteiger partial charge in [-0.15, -0.1) is 0 Å². The number of benzene rings is 2. The Hall–Kier alpha value is -2.55. The molecule has 3 nitrogen and oxygen atoms in total. The first-order valence-electron chi connectivity index (χ1n) is 7.99. The molecule has 0 unspecified atom stereocenters. The molecule has 3 aromatic rings. The molecule has 0 spiro atoms. The van der Waals surface area contributed by atoms with Gasteiger partial charge < -0.3 is 10.1 Å². The zero-order valence-electron chi connectivity index (χ0n) is 13.5. The maximum atomic E-state index is 5.38. The van der Waals surface area contributed by atoms with Gasteiger partial charge in [0.15, 0.2) is 0 Å². The third-order valence-electron chi connectivity index (χ3n) is 4.59. The largest absolute Gasteiger partial charge is 0.497 e. The normalized spacial score (nSPS) is 15.4. The van der Waals surface area contributed by atoms with Crippen LogP contribution in [0.2, 0.25) is 0 Å². The van der Waals surface area contributed by atoms with E-state index in [4.69, 9.17) is 4.74 Å². The summed E-state index contributed by atoms with van der Waals surface area (Å²) in [5.41, 5.74) is 4.56. The van der Waals surface area contributed by atoms with Crippen LogP contribution >= 0.6 is 0 Å². The molecule has 1 fully saturated rings. The molecule has 3 heteroatoms. The summed E-state index contributed by atoms with van der Waals surface area (Å²) in [7, 11) is 1.70. The fourth-order valence-corrected chi connectivity index (χ4v) is 3.19. The molecular weight excluding hydrogens is 284 g/mol. The highest BCUT2D eigenvalue weighted by Crippen LogP contribution is 2.49. The second-order valence-electron chi connectivity index (χ2n) is 6.27. The topological polar surface area (TPSA) is 34.1 Å². The van der Waals surface area contributed by atoms with Gasteiger partial charge in [-0.1, -0.05) is 30.3 Å². The van der Waals surface area contributed by atoms with Crippen molar-refractivity contribution in [1.29, 1.82) is 0 Å². The van der Waals surface area contributed by atoms with Crippen molar-refractivity contribution in [2.45, 2.75) is 25.3 Å². The first-order chi connectivity index (χ1) is 11.2. The van der Waals surface area contributed by atoms with Crippen LogP contribution in [0.1, 0.15) is 24.1 Å².